The number of allylic oxidation sites excluding steroid dienone is 2. The molecule has 294 valence electrons. The van der Waals surface area contributed by atoms with Crippen molar-refractivity contribution >= 4 is 17.9 Å². The lowest BCUT2D eigenvalue weighted by Crippen LogP contribution is -2.50. The zero-order valence-electron chi connectivity index (χ0n) is 33.4. The molecule has 8 nitrogen and oxygen atoms in total. The van der Waals surface area contributed by atoms with Gasteiger partial charge in [-0.25, -0.2) is 4.79 Å². The molecule has 0 aromatic rings. The van der Waals surface area contributed by atoms with Crippen LogP contribution in [0.4, 0.5) is 0 Å². The molecule has 1 N–H and O–H groups in total. The molecule has 0 bridgehead atoms. The van der Waals surface area contributed by atoms with Crippen molar-refractivity contribution in [2.45, 2.75) is 199 Å². The van der Waals surface area contributed by atoms with Gasteiger partial charge in [-0.15, -0.1) is 0 Å². The smallest absolute Gasteiger partial charge is 0.362 e. The number of hydrogen-bond acceptors (Lipinski definition) is 6. The number of aliphatic carboxylic acids is 1. The lowest BCUT2D eigenvalue weighted by molar-refractivity contribution is -0.887. The Kier molecular flexibility index (Phi) is 32.9. The van der Waals surface area contributed by atoms with Crippen LogP contribution in [0, 0.1) is 0 Å². The monoisotopic (exact) mass is 711 g/mol. The second-order valence-corrected chi connectivity index (χ2v) is 15.2. The highest BCUT2D eigenvalue weighted by atomic mass is 16.6. The van der Waals surface area contributed by atoms with E-state index in [2.05, 4.69) is 26.0 Å². The fourth-order valence-electron chi connectivity index (χ4n) is 6.14. The van der Waals surface area contributed by atoms with E-state index in [9.17, 15) is 19.5 Å². The molecule has 0 aliphatic carbocycles. The number of unbranched alkanes of at least 4 members (excludes halogenated alkanes) is 21. The molecule has 0 aromatic carbocycles. The fraction of sp³-hybridized carbons (Fsp3) is 0.881. The Balaban J connectivity index is 4.39. The van der Waals surface area contributed by atoms with Gasteiger partial charge in [-0.1, -0.05) is 142 Å². The van der Waals surface area contributed by atoms with Gasteiger partial charge in [0.15, 0.2) is 12.1 Å². The molecular formula is C42H80NO7+. The Morgan fingerprint density at radius 2 is 1.00 bits per heavy atom. The molecule has 0 rings (SSSR count). The van der Waals surface area contributed by atoms with Crippen LogP contribution in [0.2, 0.25) is 0 Å². The van der Waals surface area contributed by atoms with Crippen LogP contribution in [0.5, 0.6) is 0 Å². The molecule has 0 saturated carbocycles. The van der Waals surface area contributed by atoms with Gasteiger partial charge in [0, 0.05) is 19.3 Å². The predicted molar refractivity (Wildman–Crippen MR) is 206 cm³/mol. The topological polar surface area (TPSA) is 99.1 Å². The second-order valence-electron chi connectivity index (χ2n) is 15.2. The molecule has 8 heteroatoms. The summed E-state index contributed by atoms with van der Waals surface area (Å²) >= 11 is 0. The minimum absolute atomic E-state index is 0.0515. The van der Waals surface area contributed by atoms with E-state index in [0.717, 1.165) is 51.4 Å². The van der Waals surface area contributed by atoms with Crippen LogP contribution >= 0.6 is 0 Å². The van der Waals surface area contributed by atoms with Gasteiger partial charge < -0.3 is 23.8 Å². The number of esters is 2. The first kappa shape index (κ1) is 48.1. The number of carbonyl (C=O) groups excluding carboxylic acids is 2. The third-order valence-corrected chi connectivity index (χ3v) is 9.41. The summed E-state index contributed by atoms with van der Waals surface area (Å²) in [6.45, 7) is 4.72. The van der Waals surface area contributed by atoms with Crippen LogP contribution in [0.15, 0.2) is 12.2 Å². The molecular weight excluding hydrogens is 630 g/mol. The second kappa shape index (κ2) is 34.2. The van der Waals surface area contributed by atoms with E-state index in [1.165, 1.54) is 103 Å². The zero-order chi connectivity index (χ0) is 37.1. The van der Waals surface area contributed by atoms with Crippen molar-refractivity contribution < 1.29 is 38.2 Å². The van der Waals surface area contributed by atoms with Crippen molar-refractivity contribution in [3.8, 4) is 0 Å². The summed E-state index contributed by atoms with van der Waals surface area (Å²) in [6.07, 6.45) is 33.9. The normalized spacial score (nSPS) is 13.1. The van der Waals surface area contributed by atoms with Gasteiger partial charge in [0.1, 0.15) is 6.61 Å². The van der Waals surface area contributed by atoms with Gasteiger partial charge in [0.2, 0.25) is 0 Å². The number of rotatable bonds is 37. The van der Waals surface area contributed by atoms with Gasteiger partial charge in [-0.05, 0) is 38.5 Å². The highest BCUT2D eigenvalue weighted by Gasteiger charge is 2.31. The molecule has 0 radical (unpaired) electrons. The largest absolute Gasteiger partial charge is 0.477 e. The maximum absolute atomic E-state index is 12.7. The third-order valence-electron chi connectivity index (χ3n) is 9.41. The van der Waals surface area contributed by atoms with Crippen LogP contribution in [0.3, 0.4) is 0 Å². The van der Waals surface area contributed by atoms with Crippen LogP contribution in [0.25, 0.3) is 0 Å². The van der Waals surface area contributed by atoms with Crippen LogP contribution in [-0.2, 0) is 28.6 Å². The van der Waals surface area contributed by atoms with Crippen molar-refractivity contribution in [3.05, 3.63) is 12.2 Å². The fourth-order valence-corrected chi connectivity index (χ4v) is 6.14. The first-order valence-corrected chi connectivity index (χ1v) is 20.7. The molecule has 0 spiro atoms. The van der Waals surface area contributed by atoms with Gasteiger partial charge in [0.25, 0.3) is 0 Å². The summed E-state index contributed by atoms with van der Waals surface area (Å²) in [5, 5.41) is 9.59. The molecule has 50 heavy (non-hydrogen) atoms. The number of ether oxygens (including phenoxy) is 3. The Labute approximate surface area is 308 Å². The molecule has 0 heterocycles. The summed E-state index contributed by atoms with van der Waals surface area (Å²) in [6, 6.07) is -0.612. The zero-order valence-corrected chi connectivity index (χ0v) is 33.4. The van der Waals surface area contributed by atoms with Gasteiger partial charge >= 0.3 is 17.9 Å². The highest BCUT2D eigenvalue weighted by molar-refractivity contribution is 5.72. The number of nitrogens with zero attached hydrogens (tertiary/aromatic N) is 1. The molecule has 2 unspecified atom stereocenters. The van der Waals surface area contributed by atoms with Gasteiger partial charge in [-0.2, -0.15) is 0 Å². The number of carbonyl (C=O) groups is 3. The maximum atomic E-state index is 12.7. The Morgan fingerprint density at radius 3 is 1.46 bits per heavy atom. The van der Waals surface area contributed by atoms with E-state index in [-0.39, 0.29) is 36.2 Å². The summed E-state index contributed by atoms with van der Waals surface area (Å²) in [5.41, 5.74) is 0. The van der Waals surface area contributed by atoms with Crippen molar-refractivity contribution in [3.63, 3.8) is 0 Å². The van der Waals surface area contributed by atoms with E-state index in [1.54, 1.807) is 0 Å². The van der Waals surface area contributed by atoms with E-state index in [1.807, 2.05) is 21.1 Å². The summed E-state index contributed by atoms with van der Waals surface area (Å²) in [4.78, 5) is 36.8. The lowest BCUT2D eigenvalue weighted by atomic mass is 10.0. The van der Waals surface area contributed by atoms with E-state index in [0.29, 0.717) is 19.3 Å². The van der Waals surface area contributed by atoms with Crippen molar-refractivity contribution in [1.82, 2.24) is 0 Å². The molecule has 2 atom stereocenters. The Bertz CT molecular complexity index is 838. The van der Waals surface area contributed by atoms with E-state index in [4.69, 9.17) is 14.2 Å². The SMILES string of the molecule is CCCCCCCCC/C=C/CCCCCC(=O)OC(COCCC(C(=O)O)[N+](C)(C)C)COC(=O)CCCCCCCCCCCCCC. The van der Waals surface area contributed by atoms with E-state index < -0.39 is 18.1 Å². The minimum atomic E-state index is -0.875. The van der Waals surface area contributed by atoms with Crippen molar-refractivity contribution in [2.24, 2.45) is 0 Å². The summed E-state index contributed by atoms with van der Waals surface area (Å²) in [7, 11) is 5.52. The molecule has 0 aliphatic rings. The Morgan fingerprint density at radius 1 is 0.580 bits per heavy atom. The molecule has 0 aliphatic heterocycles. The van der Waals surface area contributed by atoms with Crippen molar-refractivity contribution in [2.75, 3.05) is 41.0 Å². The van der Waals surface area contributed by atoms with Gasteiger partial charge in [-0.3, -0.25) is 9.59 Å². The average Bonchev–Trinajstić information content (AvgIpc) is 3.06. The summed E-state index contributed by atoms with van der Waals surface area (Å²) in [5.74, 6) is -1.48. The highest BCUT2D eigenvalue weighted by Crippen LogP contribution is 2.14. The van der Waals surface area contributed by atoms with Crippen LogP contribution < -0.4 is 0 Å². The minimum Gasteiger partial charge on any atom is -0.477 e. The molecule has 0 aromatic heterocycles. The number of quaternary nitrogens is 1. The maximum Gasteiger partial charge on any atom is 0.362 e. The third kappa shape index (κ3) is 32.0. The first-order valence-electron chi connectivity index (χ1n) is 20.7. The quantitative estimate of drug-likeness (QED) is 0.0296. The summed E-state index contributed by atoms with van der Waals surface area (Å²) < 4.78 is 17.2. The van der Waals surface area contributed by atoms with Gasteiger partial charge in [0.05, 0.1) is 34.4 Å². The Hall–Kier alpha value is -1.93. The number of likely N-dealkylation sites (N-methyl/N-ethyl adjacent to an activating group) is 1. The van der Waals surface area contributed by atoms with Crippen LogP contribution in [0.1, 0.15) is 187 Å². The average molecular weight is 711 g/mol. The van der Waals surface area contributed by atoms with E-state index >= 15 is 0 Å². The lowest BCUT2D eigenvalue weighted by Gasteiger charge is -2.31. The number of hydrogen-bond donors (Lipinski definition) is 1. The molecule has 0 fully saturated rings. The number of carboxylic acid groups (broad SMARTS) is 1. The standard InChI is InChI=1S/C42H79NO7/c1-6-8-10-12-14-16-18-20-21-23-25-27-29-31-33-41(45)50-38(36-48-35-34-39(42(46)47)43(3,4)5)37-49-40(44)32-30-28-26-24-22-19-17-15-13-11-9-7-2/h21,23,38-39H,6-20,22,24-37H2,1-5H3/p+1/b23-21+. The first-order chi connectivity index (χ1) is 24.1. The molecule has 0 saturated heterocycles. The molecule has 0 amide bonds. The number of carboxylic acids is 1. The van der Waals surface area contributed by atoms with Crippen molar-refractivity contribution in [1.29, 1.82) is 0 Å². The predicted octanol–water partition coefficient (Wildman–Crippen LogP) is 10.7. The van der Waals surface area contributed by atoms with Crippen LogP contribution in [-0.4, -0.2) is 80.6 Å².